The molecule has 0 bridgehead atoms. The molecule has 0 N–H and O–H groups in total. The average Bonchev–Trinajstić information content (AvgIpc) is 2.88. The molecule has 19 heavy (non-hydrogen) atoms. The van der Waals surface area contributed by atoms with E-state index in [4.69, 9.17) is 16.3 Å². The number of rotatable bonds is 4. The molecule has 2 unspecified atom stereocenters. The van der Waals surface area contributed by atoms with Crippen molar-refractivity contribution in [2.75, 3.05) is 5.88 Å². The van der Waals surface area contributed by atoms with E-state index in [2.05, 4.69) is 36.4 Å². The van der Waals surface area contributed by atoms with Gasteiger partial charge in [-0.1, -0.05) is 48.5 Å². The summed E-state index contributed by atoms with van der Waals surface area (Å²) in [7, 11) is 0. The zero-order valence-corrected chi connectivity index (χ0v) is 11.5. The van der Waals surface area contributed by atoms with Gasteiger partial charge in [0.2, 0.25) is 0 Å². The van der Waals surface area contributed by atoms with Gasteiger partial charge in [0.05, 0.1) is 0 Å². The molecule has 2 aromatic carbocycles. The van der Waals surface area contributed by atoms with Gasteiger partial charge in [0.1, 0.15) is 11.9 Å². The van der Waals surface area contributed by atoms with Gasteiger partial charge in [-0.3, -0.25) is 0 Å². The quantitative estimate of drug-likeness (QED) is 0.750. The fourth-order valence-electron chi connectivity index (χ4n) is 2.72. The Labute approximate surface area is 119 Å². The van der Waals surface area contributed by atoms with Crippen LogP contribution in [0.4, 0.5) is 0 Å². The topological polar surface area (TPSA) is 9.23 Å². The lowest BCUT2D eigenvalue weighted by molar-refractivity contribution is 0.213. The lowest BCUT2D eigenvalue weighted by atomic mass is 9.93. The summed E-state index contributed by atoms with van der Waals surface area (Å²) in [4.78, 5) is 0. The maximum atomic E-state index is 6.14. The summed E-state index contributed by atoms with van der Waals surface area (Å²) in [6.45, 7) is 0. The second-order valence-electron chi connectivity index (χ2n) is 5.05. The molecule has 2 atom stereocenters. The molecule has 0 radical (unpaired) electrons. The molecule has 2 aromatic rings. The van der Waals surface area contributed by atoms with Crippen LogP contribution >= 0.6 is 11.6 Å². The molecule has 0 aromatic heterocycles. The lowest BCUT2D eigenvalue weighted by Crippen LogP contribution is -2.18. The minimum Gasteiger partial charge on any atom is -0.490 e. The number of ether oxygens (including phenoxy) is 1. The predicted octanol–water partition coefficient (Wildman–Crippen LogP) is 4.40. The van der Waals surface area contributed by atoms with Crippen LogP contribution in [0.15, 0.2) is 54.6 Å². The van der Waals surface area contributed by atoms with Gasteiger partial charge in [-0.15, -0.1) is 11.6 Å². The maximum Gasteiger partial charge on any atom is 0.123 e. The highest BCUT2D eigenvalue weighted by Gasteiger charge is 2.25. The number of hydrogen-bond donors (Lipinski definition) is 0. The Kier molecular flexibility index (Phi) is 3.74. The van der Waals surface area contributed by atoms with Crippen LogP contribution in [-0.4, -0.2) is 12.0 Å². The zero-order chi connectivity index (χ0) is 13.1. The molecule has 98 valence electrons. The number of hydrogen-bond acceptors (Lipinski definition) is 1. The highest BCUT2D eigenvalue weighted by Crippen LogP contribution is 2.33. The molecule has 0 fully saturated rings. The molecule has 0 amide bonds. The van der Waals surface area contributed by atoms with Crippen molar-refractivity contribution in [2.45, 2.75) is 24.9 Å². The van der Waals surface area contributed by atoms with Gasteiger partial charge in [0.25, 0.3) is 0 Å². The van der Waals surface area contributed by atoms with Gasteiger partial charge < -0.3 is 4.74 Å². The van der Waals surface area contributed by atoms with Crippen LogP contribution in [0.25, 0.3) is 0 Å². The van der Waals surface area contributed by atoms with Crippen LogP contribution < -0.4 is 4.74 Å². The molecule has 1 aliphatic heterocycles. The van der Waals surface area contributed by atoms with Crippen LogP contribution in [-0.2, 0) is 6.42 Å². The van der Waals surface area contributed by atoms with E-state index in [0.29, 0.717) is 11.8 Å². The Morgan fingerprint density at radius 3 is 2.53 bits per heavy atom. The van der Waals surface area contributed by atoms with Crippen molar-refractivity contribution in [3.8, 4) is 5.75 Å². The summed E-state index contributed by atoms with van der Waals surface area (Å²) < 4.78 is 6.00. The Morgan fingerprint density at radius 2 is 1.79 bits per heavy atom. The normalized spacial score (nSPS) is 18.7. The third-order valence-corrected chi connectivity index (χ3v) is 4.09. The van der Waals surface area contributed by atoms with Gasteiger partial charge in [-0.2, -0.15) is 0 Å². The van der Waals surface area contributed by atoms with E-state index in [1.807, 2.05) is 18.2 Å². The molecule has 0 saturated heterocycles. The summed E-state index contributed by atoms with van der Waals surface area (Å²) in [6.07, 6.45) is 2.22. The van der Waals surface area contributed by atoms with E-state index < -0.39 is 0 Å². The Morgan fingerprint density at radius 1 is 1.05 bits per heavy atom. The van der Waals surface area contributed by atoms with Crippen molar-refractivity contribution in [3.63, 3.8) is 0 Å². The third-order valence-electron chi connectivity index (χ3n) is 3.72. The fourth-order valence-corrected chi connectivity index (χ4v) is 3.02. The number of halogens is 1. The van der Waals surface area contributed by atoms with E-state index in [1.54, 1.807) is 0 Å². The van der Waals surface area contributed by atoms with Crippen LogP contribution in [0.1, 0.15) is 23.5 Å². The second kappa shape index (κ2) is 5.66. The smallest absolute Gasteiger partial charge is 0.123 e. The summed E-state index contributed by atoms with van der Waals surface area (Å²) in [6, 6.07) is 18.8. The van der Waals surface area contributed by atoms with Crippen molar-refractivity contribution in [2.24, 2.45) is 0 Å². The van der Waals surface area contributed by atoms with E-state index >= 15 is 0 Å². The lowest BCUT2D eigenvalue weighted by Gasteiger charge is -2.18. The van der Waals surface area contributed by atoms with Gasteiger partial charge in [0.15, 0.2) is 0 Å². The molecular weight excluding hydrogens is 256 g/mol. The standard InChI is InChI=1S/C17H17ClO/c18-12-15(13-6-2-1-3-7-13)11-16-10-14-8-4-5-9-17(14)19-16/h1-9,15-16H,10-12H2. The Bertz CT molecular complexity index is 513. The first-order valence-electron chi connectivity index (χ1n) is 6.72. The predicted molar refractivity (Wildman–Crippen MR) is 79.1 cm³/mol. The first-order chi connectivity index (χ1) is 9.36. The van der Waals surface area contributed by atoms with Crippen molar-refractivity contribution in [3.05, 3.63) is 65.7 Å². The van der Waals surface area contributed by atoms with Gasteiger partial charge >= 0.3 is 0 Å². The van der Waals surface area contributed by atoms with Gasteiger partial charge in [0, 0.05) is 18.2 Å². The fraction of sp³-hybridized carbons (Fsp3) is 0.294. The zero-order valence-electron chi connectivity index (χ0n) is 10.8. The Hall–Kier alpha value is -1.47. The van der Waals surface area contributed by atoms with E-state index in [1.165, 1.54) is 11.1 Å². The van der Waals surface area contributed by atoms with Gasteiger partial charge in [-0.25, -0.2) is 0 Å². The molecule has 2 heteroatoms. The summed E-state index contributed by atoms with van der Waals surface area (Å²) >= 11 is 6.14. The molecule has 3 rings (SSSR count). The van der Waals surface area contributed by atoms with Crippen LogP contribution in [0.3, 0.4) is 0 Å². The van der Waals surface area contributed by atoms with Gasteiger partial charge in [-0.05, 0) is 23.6 Å². The monoisotopic (exact) mass is 272 g/mol. The summed E-state index contributed by atoms with van der Waals surface area (Å²) in [5.74, 6) is 2.04. The number of fused-ring (bicyclic) bond motifs is 1. The molecule has 1 nitrogen and oxygen atoms in total. The van der Waals surface area contributed by atoms with Crippen LogP contribution in [0.2, 0.25) is 0 Å². The van der Waals surface area contributed by atoms with Crippen molar-refractivity contribution < 1.29 is 4.74 Å². The summed E-state index contributed by atoms with van der Waals surface area (Å²) in [5, 5.41) is 0. The minimum atomic E-state index is 0.251. The molecular formula is C17H17ClO. The average molecular weight is 273 g/mol. The van der Waals surface area contributed by atoms with E-state index in [9.17, 15) is 0 Å². The highest BCUT2D eigenvalue weighted by atomic mass is 35.5. The van der Waals surface area contributed by atoms with Crippen molar-refractivity contribution in [1.82, 2.24) is 0 Å². The van der Waals surface area contributed by atoms with E-state index in [0.717, 1.165) is 18.6 Å². The first-order valence-corrected chi connectivity index (χ1v) is 7.25. The first kappa shape index (κ1) is 12.6. The molecule has 0 saturated carbocycles. The summed E-state index contributed by atoms with van der Waals surface area (Å²) in [5.41, 5.74) is 2.62. The Balaban J connectivity index is 1.69. The van der Waals surface area contributed by atoms with Crippen molar-refractivity contribution in [1.29, 1.82) is 0 Å². The molecule has 1 heterocycles. The maximum absolute atomic E-state index is 6.14. The molecule has 1 aliphatic rings. The molecule has 0 spiro atoms. The molecule has 0 aliphatic carbocycles. The SMILES string of the molecule is ClCC(CC1Cc2ccccc2O1)c1ccccc1. The number of alkyl halides is 1. The number of para-hydroxylation sites is 1. The van der Waals surface area contributed by atoms with Crippen molar-refractivity contribution >= 4 is 11.6 Å². The number of benzene rings is 2. The highest BCUT2D eigenvalue weighted by molar-refractivity contribution is 6.18. The second-order valence-corrected chi connectivity index (χ2v) is 5.36. The largest absolute Gasteiger partial charge is 0.490 e. The minimum absolute atomic E-state index is 0.251. The third kappa shape index (κ3) is 2.76. The van der Waals surface area contributed by atoms with Crippen LogP contribution in [0, 0.1) is 0 Å². The van der Waals surface area contributed by atoms with Crippen LogP contribution in [0.5, 0.6) is 5.75 Å². The van der Waals surface area contributed by atoms with E-state index in [-0.39, 0.29) is 6.10 Å².